The van der Waals surface area contributed by atoms with Crippen LogP contribution < -0.4 is 0 Å². The van der Waals surface area contributed by atoms with Crippen LogP contribution in [0.4, 0.5) is 0 Å². The van der Waals surface area contributed by atoms with Gasteiger partial charge in [0.25, 0.3) is 0 Å². The fourth-order valence-corrected chi connectivity index (χ4v) is 4.01. The molecule has 5 heteroatoms. The average Bonchev–Trinajstić information content (AvgIpc) is 2.85. The molecule has 0 aliphatic heterocycles. The van der Waals surface area contributed by atoms with Gasteiger partial charge in [0.05, 0.1) is 32.0 Å². The monoisotopic (exact) mass is 434 g/mol. The van der Waals surface area contributed by atoms with Gasteiger partial charge in [0.1, 0.15) is 18.3 Å². The quantitative estimate of drug-likeness (QED) is 0.535. The van der Waals surface area contributed by atoms with Crippen LogP contribution in [0.2, 0.25) is 0 Å². The number of aliphatic hydroxyl groups excluding tert-OH is 2. The summed E-state index contributed by atoms with van der Waals surface area (Å²) in [6.45, 7) is 1.07. The normalized spacial score (nSPS) is 25.5. The van der Waals surface area contributed by atoms with Gasteiger partial charge < -0.3 is 24.4 Å². The molecule has 32 heavy (non-hydrogen) atoms. The summed E-state index contributed by atoms with van der Waals surface area (Å²) in [6.07, 6.45) is -3.40. The minimum absolute atomic E-state index is 0.276. The van der Waals surface area contributed by atoms with Crippen molar-refractivity contribution in [2.45, 2.75) is 56.8 Å². The van der Waals surface area contributed by atoms with Crippen LogP contribution in [-0.2, 0) is 34.0 Å². The molecule has 3 aromatic carbocycles. The average molecular weight is 435 g/mol. The molecule has 2 N–H and O–H groups in total. The highest BCUT2D eigenvalue weighted by Gasteiger charge is 2.46. The van der Waals surface area contributed by atoms with E-state index in [4.69, 9.17) is 14.2 Å². The van der Waals surface area contributed by atoms with Crippen LogP contribution in [0, 0.1) is 0 Å². The van der Waals surface area contributed by atoms with Crippen molar-refractivity contribution in [3.8, 4) is 0 Å². The highest BCUT2D eigenvalue weighted by atomic mass is 16.6. The molecular formula is C27H30O5. The second-order valence-electron chi connectivity index (χ2n) is 8.15. The van der Waals surface area contributed by atoms with Crippen molar-refractivity contribution in [2.24, 2.45) is 0 Å². The molecule has 0 aromatic heterocycles. The summed E-state index contributed by atoms with van der Waals surface area (Å²) >= 11 is 0. The third-order valence-corrected chi connectivity index (χ3v) is 5.77. The third-order valence-electron chi connectivity index (χ3n) is 5.77. The van der Waals surface area contributed by atoms with Gasteiger partial charge in [0.15, 0.2) is 0 Å². The van der Waals surface area contributed by atoms with Crippen LogP contribution in [0.1, 0.15) is 23.1 Å². The molecule has 1 fully saturated rings. The topological polar surface area (TPSA) is 68.2 Å². The van der Waals surface area contributed by atoms with Crippen LogP contribution in [0.5, 0.6) is 0 Å². The molecule has 0 saturated heterocycles. The van der Waals surface area contributed by atoms with Crippen LogP contribution in [0.3, 0.4) is 0 Å². The summed E-state index contributed by atoms with van der Waals surface area (Å²) in [7, 11) is 0. The van der Waals surface area contributed by atoms with Crippen molar-refractivity contribution < 1.29 is 24.4 Å². The van der Waals surface area contributed by atoms with Crippen molar-refractivity contribution in [3.05, 3.63) is 108 Å². The predicted molar refractivity (Wildman–Crippen MR) is 122 cm³/mol. The standard InChI is InChI=1S/C27H30O5/c28-23-16-24(30-17-20-10-4-1-5-11-20)26(31-18-21-12-6-2-7-13-21)27(25(23)29)32-19-22-14-8-3-9-15-22/h1-15,23-29H,16-19H2/t23-,24-,25?,26+,27-/m1/s1. The second-order valence-corrected chi connectivity index (χ2v) is 8.15. The lowest BCUT2D eigenvalue weighted by Gasteiger charge is -2.42. The van der Waals surface area contributed by atoms with Gasteiger partial charge in [-0.15, -0.1) is 0 Å². The summed E-state index contributed by atoms with van der Waals surface area (Å²) in [5, 5.41) is 21.3. The molecule has 0 spiro atoms. The fraction of sp³-hybridized carbons (Fsp3) is 0.333. The number of hydrogen-bond donors (Lipinski definition) is 2. The summed E-state index contributed by atoms with van der Waals surface area (Å²) < 4.78 is 18.6. The number of rotatable bonds is 9. The molecule has 168 valence electrons. The molecule has 1 aliphatic carbocycles. The smallest absolute Gasteiger partial charge is 0.115 e. The zero-order valence-electron chi connectivity index (χ0n) is 18.0. The largest absolute Gasteiger partial charge is 0.390 e. The van der Waals surface area contributed by atoms with Gasteiger partial charge in [-0.1, -0.05) is 91.0 Å². The Bertz CT molecular complexity index is 919. The van der Waals surface area contributed by atoms with E-state index in [0.29, 0.717) is 19.8 Å². The number of benzene rings is 3. The Morgan fingerprint density at radius 1 is 0.562 bits per heavy atom. The first kappa shape index (κ1) is 22.6. The Hall–Kier alpha value is -2.54. The maximum Gasteiger partial charge on any atom is 0.115 e. The Kier molecular flexibility index (Phi) is 8.04. The van der Waals surface area contributed by atoms with Crippen molar-refractivity contribution in [3.63, 3.8) is 0 Å². The van der Waals surface area contributed by atoms with E-state index >= 15 is 0 Å². The molecule has 0 bridgehead atoms. The van der Waals surface area contributed by atoms with E-state index in [2.05, 4.69) is 0 Å². The van der Waals surface area contributed by atoms with Gasteiger partial charge in [0, 0.05) is 6.42 Å². The van der Waals surface area contributed by atoms with E-state index in [-0.39, 0.29) is 6.42 Å². The van der Waals surface area contributed by atoms with Gasteiger partial charge in [-0.2, -0.15) is 0 Å². The highest BCUT2D eigenvalue weighted by Crippen LogP contribution is 2.30. The van der Waals surface area contributed by atoms with E-state index < -0.39 is 30.5 Å². The van der Waals surface area contributed by atoms with Crippen molar-refractivity contribution in [2.75, 3.05) is 0 Å². The molecule has 5 atom stereocenters. The third kappa shape index (κ3) is 6.03. The summed E-state index contributed by atoms with van der Waals surface area (Å²) in [6, 6.07) is 29.5. The first-order chi connectivity index (χ1) is 15.7. The van der Waals surface area contributed by atoms with E-state index in [1.807, 2.05) is 91.0 Å². The molecule has 5 nitrogen and oxygen atoms in total. The first-order valence-corrected chi connectivity index (χ1v) is 11.0. The van der Waals surface area contributed by atoms with Crippen LogP contribution >= 0.6 is 0 Å². The Labute approximate surface area is 189 Å². The lowest BCUT2D eigenvalue weighted by atomic mass is 9.86. The highest BCUT2D eigenvalue weighted by molar-refractivity contribution is 5.15. The minimum atomic E-state index is -1.06. The number of aliphatic hydroxyl groups is 2. The lowest BCUT2D eigenvalue weighted by molar-refractivity contribution is -0.228. The molecule has 3 aromatic rings. The molecule has 0 amide bonds. The Morgan fingerprint density at radius 3 is 1.44 bits per heavy atom. The van der Waals surface area contributed by atoms with Gasteiger partial charge in [-0.05, 0) is 16.7 Å². The van der Waals surface area contributed by atoms with E-state index in [9.17, 15) is 10.2 Å². The molecule has 0 heterocycles. The molecule has 0 radical (unpaired) electrons. The van der Waals surface area contributed by atoms with Gasteiger partial charge in [0.2, 0.25) is 0 Å². The maximum atomic E-state index is 10.8. The van der Waals surface area contributed by atoms with E-state index in [1.165, 1.54) is 0 Å². The van der Waals surface area contributed by atoms with Gasteiger partial charge >= 0.3 is 0 Å². The predicted octanol–water partition coefficient (Wildman–Crippen LogP) is 3.87. The van der Waals surface area contributed by atoms with Crippen molar-refractivity contribution in [1.29, 1.82) is 0 Å². The van der Waals surface area contributed by atoms with E-state index in [1.54, 1.807) is 0 Å². The lowest BCUT2D eigenvalue weighted by Crippen LogP contribution is -2.58. The second kappa shape index (κ2) is 11.4. The zero-order chi connectivity index (χ0) is 22.2. The van der Waals surface area contributed by atoms with Crippen LogP contribution in [0.25, 0.3) is 0 Å². The van der Waals surface area contributed by atoms with Gasteiger partial charge in [-0.25, -0.2) is 0 Å². The fourth-order valence-electron chi connectivity index (χ4n) is 4.01. The molecule has 1 saturated carbocycles. The van der Waals surface area contributed by atoms with Gasteiger partial charge in [-0.3, -0.25) is 0 Å². The molecule has 4 rings (SSSR count). The molecule has 1 unspecified atom stereocenters. The molecular weight excluding hydrogens is 404 g/mol. The molecule has 1 aliphatic rings. The minimum Gasteiger partial charge on any atom is -0.390 e. The Morgan fingerprint density at radius 2 is 0.969 bits per heavy atom. The summed E-state index contributed by atoms with van der Waals surface area (Å²) in [5.74, 6) is 0. The van der Waals surface area contributed by atoms with Crippen LogP contribution in [0.15, 0.2) is 91.0 Å². The Balaban J connectivity index is 1.50. The van der Waals surface area contributed by atoms with Crippen molar-refractivity contribution in [1.82, 2.24) is 0 Å². The maximum absolute atomic E-state index is 10.8. The number of hydrogen-bond acceptors (Lipinski definition) is 5. The first-order valence-electron chi connectivity index (χ1n) is 11.0. The summed E-state index contributed by atoms with van der Waals surface area (Å²) in [4.78, 5) is 0. The SMILES string of the molecule is OC1[C@H](O)C[C@@H](OCc2ccccc2)[C@H](OCc2ccccc2)[C@@H]1OCc1ccccc1. The zero-order valence-corrected chi connectivity index (χ0v) is 18.0. The summed E-state index contributed by atoms with van der Waals surface area (Å²) in [5.41, 5.74) is 3.05. The van der Waals surface area contributed by atoms with E-state index in [0.717, 1.165) is 16.7 Å². The van der Waals surface area contributed by atoms with Crippen LogP contribution in [-0.4, -0.2) is 40.7 Å². The van der Waals surface area contributed by atoms with Crippen molar-refractivity contribution >= 4 is 0 Å². The number of ether oxygens (including phenoxy) is 3.